The largest absolute Gasteiger partial charge is 0.324 e. The van der Waals surface area contributed by atoms with Crippen molar-refractivity contribution in [1.29, 1.82) is 0 Å². The van der Waals surface area contributed by atoms with Gasteiger partial charge < -0.3 is 10.2 Å². The van der Waals surface area contributed by atoms with E-state index in [-0.39, 0.29) is 29.1 Å². The van der Waals surface area contributed by atoms with Crippen LogP contribution in [0.3, 0.4) is 0 Å². The first kappa shape index (κ1) is 17.3. The molecule has 1 saturated heterocycles. The maximum atomic E-state index is 12.8. The number of thioether (sulfide) groups is 1. The lowest BCUT2D eigenvalue weighted by Crippen LogP contribution is -2.48. The molecule has 0 aromatic heterocycles. The van der Waals surface area contributed by atoms with E-state index < -0.39 is 0 Å². The Balaban J connectivity index is 1.74. The Bertz CT molecular complexity index is 642. The van der Waals surface area contributed by atoms with Crippen LogP contribution in [0.15, 0.2) is 18.2 Å². The third-order valence-corrected chi connectivity index (χ3v) is 6.24. The molecule has 1 aromatic carbocycles. The average Bonchev–Trinajstić information content (AvgIpc) is 3.31. The van der Waals surface area contributed by atoms with Crippen LogP contribution in [0.5, 0.6) is 0 Å². The average molecular weight is 346 g/mol. The van der Waals surface area contributed by atoms with Crippen LogP contribution in [0.1, 0.15) is 43.7 Å². The van der Waals surface area contributed by atoms with Crippen LogP contribution in [-0.4, -0.2) is 33.9 Å². The highest BCUT2D eigenvalue weighted by atomic mass is 32.2. The number of anilines is 1. The second-order valence-electron chi connectivity index (χ2n) is 6.90. The summed E-state index contributed by atoms with van der Waals surface area (Å²) in [6, 6.07) is 5.59. The molecule has 1 N–H and O–H groups in total. The second kappa shape index (κ2) is 7.18. The summed E-state index contributed by atoms with van der Waals surface area (Å²) in [5.74, 6) is 0.969. The number of amides is 2. The van der Waals surface area contributed by atoms with Crippen LogP contribution in [-0.2, 0) is 9.59 Å². The summed E-state index contributed by atoms with van der Waals surface area (Å²) in [6.45, 7) is 6.22. The molecule has 2 atom stereocenters. The van der Waals surface area contributed by atoms with Gasteiger partial charge in [0.1, 0.15) is 6.04 Å². The van der Waals surface area contributed by atoms with E-state index >= 15 is 0 Å². The van der Waals surface area contributed by atoms with E-state index in [2.05, 4.69) is 19.2 Å². The van der Waals surface area contributed by atoms with Gasteiger partial charge in [0.05, 0.1) is 5.37 Å². The minimum Gasteiger partial charge on any atom is -0.324 e. The molecule has 2 aliphatic rings. The first-order chi connectivity index (χ1) is 11.5. The third kappa shape index (κ3) is 3.61. The Kier molecular flexibility index (Phi) is 5.18. The van der Waals surface area contributed by atoms with Crippen molar-refractivity contribution < 1.29 is 9.59 Å². The first-order valence-corrected chi connectivity index (χ1v) is 9.88. The number of hydrogen-bond acceptors (Lipinski definition) is 3. The van der Waals surface area contributed by atoms with Crippen molar-refractivity contribution in [3.05, 3.63) is 29.3 Å². The van der Waals surface area contributed by atoms with E-state index in [1.165, 1.54) is 5.56 Å². The van der Waals surface area contributed by atoms with E-state index in [4.69, 9.17) is 0 Å². The zero-order valence-electron chi connectivity index (χ0n) is 14.7. The minimum atomic E-state index is -0.346. The van der Waals surface area contributed by atoms with Crippen LogP contribution in [0.4, 0.5) is 5.69 Å². The number of aryl methyl sites for hydroxylation is 2. The third-order valence-electron chi connectivity index (χ3n) is 4.89. The van der Waals surface area contributed by atoms with Gasteiger partial charge >= 0.3 is 0 Å². The molecule has 3 rings (SSSR count). The van der Waals surface area contributed by atoms with Crippen LogP contribution < -0.4 is 5.32 Å². The molecular weight excluding hydrogens is 320 g/mol. The van der Waals surface area contributed by atoms with Crippen molar-refractivity contribution in [2.45, 2.75) is 57.9 Å². The molecule has 2 fully saturated rings. The predicted molar refractivity (Wildman–Crippen MR) is 99.1 cm³/mol. The van der Waals surface area contributed by atoms with Gasteiger partial charge in [-0.3, -0.25) is 9.59 Å². The van der Waals surface area contributed by atoms with Crippen LogP contribution in [0.2, 0.25) is 0 Å². The molecule has 1 aliphatic carbocycles. The number of rotatable bonds is 5. The van der Waals surface area contributed by atoms with Gasteiger partial charge in [0, 0.05) is 17.4 Å². The predicted octanol–water partition coefficient (Wildman–Crippen LogP) is 3.72. The summed E-state index contributed by atoms with van der Waals surface area (Å²) in [7, 11) is 0. The number of benzene rings is 1. The number of hydrogen-bond donors (Lipinski definition) is 1. The normalized spacial score (nSPS) is 23.4. The van der Waals surface area contributed by atoms with Crippen molar-refractivity contribution >= 4 is 29.3 Å². The van der Waals surface area contributed by atoms with Gasteiger partial charge in [-0.15, -0.1) is 11.8 Å². The lowest BCUT2D eigenvalue weighted by Gasteiger charge is -2.29. The van der Waals surface area contributed by atoms with E-state index in [0.717, 1.165) is 36.9 Å². The summed E-state index contributed by atoms with van der Waals surface area (Å²) < 4.78 is 0. The molecule has 130 valence electrons. The fraction of sp³-hybridized carbons (Fsp3) is 0.579. The maximum absolute atomic E-state index is 12.8. The Morgan fingerprint density at radius 3 is 2.62 bits per heavy atom. The Hall–Kier alpha value is -1.49. The molecule has 4 nitrogen and oxygen atoms in total. The Labute approximate surface area is 148 Å². The molecule has 24 heavy (non-hydrogen) atoms. The number of carbonyl (C=O) groups excluding carboxylic acids is 2. The number of nitrogens with one attached hydrogen (secondary N) is 1. The molecule has 1 aromatic rings. The van der Waals surface area contributed by atoms with Crippen molar-refractivity contribution in [2.24, 2.45) is 5.92 Å². The lowest BCUT2D eigenvalue weighted by molar-refractivity contribution is -0.139. The molecule has 0 bridgehead atoms. The molecule has 2 unspecified atom stereocenters. The van der Waals surface area contributed by atoms with Gasteiger partial charge in [-0.2, -0.15) is 0 Å². The molecule has 0 spiro atoms. The molecule has 1 heterocycles. The topological polar surface area (TPSA) is 49.4 Å². The van der Waals surface area contributed by atoms with Gasteiger partial charge in [-0.25, -0.2) is 0 Å². The number of carbonyl (C=O) groups is 2. The molecular formula is C19H26N2O2S. The standard InChI is InChI=1S/C19H26N2O2S/c1-4-5-17-21(19(23)14-7-8-14)16(11-24-17)18(22)20-15-9-6-12(2)13(3)10-15/h6,9-10,14,16-17H,4-5,7-8,11H2,1-3H3,(H,20,22). The highest BCUT2D eigenvalue weighted by Gasteiger charge is 2.45. The minimum absolute atomic E-state index is 0.0571. The van der Waals surface area contributed by atoms with Crippen molar-refractivity contribution in [2.75, 3.05) is 11.1 Å². The Morgan fingerprint density at radius 2 is 2.00 bits per heavy atom. The van der Waals surface area contributed by atoms with Crippen LogP contribution in [0, 0.1) is 19.8 Å². The van der Waals surface area contributed by atoms with E-state index in [1.54, 1.807) is 11.8 Å². The fourth-order valence-corrected chi connectivity index (χ4v) is 4.65. The summed E-state index contributed by atoms with van der Waals surface area (Å²) in [5.41, 5.74) is 3.17. The first-order valence-electron chi connectivity index (χ1n) is 8.83. The van der Waals surface area contributed by atoms with Crippen molar-refractivity contribution in [3.63, 3.8) is 0 Å². The molecule has 1 saturated carbocycles. The Morgan fingerprint density at radius 1 is 1.25 bits per heavy atom. The summed E-state index contributed by atoms with van der Waals surface area (Å²) >= 11 is 1.75. The molecule has 2 amide bonds. The second-order valence-corrected chi connectivity index (χ2v) is 8.11. The summed E-state index contributed by atoms with van der Waals surface area (Å²) in [6.07, 6.45) is 3.93. The molecule has 0 radical (unpaired) electrons. The zero-order chi connectivity index (χ0) is 17.3. The highest BCUT2D eigenvalue weighted by Crippen LogP contribution is 2.39. The van der Waals surface area contributed by atoms with Gasteiger partial charge in [-0.05, 0) is 56.4 Å². The molecule has 5 heteroatoms. The monoisotopic (exact) mass is 346 g/mol. The van der Waals surface area contributed by atoms with E-state index in [9.17, 15) is 9.59 Å². The zero-order valence-corrected chi connectivity index (χ0v) is 15.5. The van der Waals surface area contributed by atoms with Gasteiger partial charge in [0.2, 0.25) is 11.8 Å². The van der Waals surface area contributed by atoms with E-state index in [0.29, 0.717) is 5.75 Å². The van der Waals surface area contributed by atoms with Gasteiger partial charge in [-0.1, -0.05) is 19.4 Å². The summed E-state index contributed by atoms with van der Waals surface area (Å²) in [5, 5.41) is 3.16. The molecule has 1 aliphatic heterocycles. The lowest BCUT2D eigenvalue weighted by atomic mass is 10.1. The van der Waals surface area contributed by atoms with Gasteiger partial charge in [0.25, 0.3) is 0 Å². The SMILES string of the molecule is CCCC1SCC(C(=O)Nc2ccc(C)c(C)c2)N1C(=O)C1CC1. The van der Waals surface area contributed by atoms with Crippen LogP contribution in [0.25, 0.3) is 0 Å². The quantitative estimate of drug-likeness (QED) is 0.884. The number of nitrogens with zero attached hydrogens (tertiary/aromatic N) is 1. The van der Waals surface area contributed by atoms with Crippen molar-refractivity contribution in [1.82, 2.24) is 4.90 Å². The van der Waals surface area contributed by atoms with E-state index in [1.807, 2.05) is 30.0 Å². The van der Waals surface area contributed by atoms with Crippen molar-refractivity contribution in [3.8, 4) is 0 Å². The summed E-state index contributed by atoms with van der Waals surface area (Å²) in [4.78, 5) is 27.4. The highest BCUT2D eigenvalue weighted by molar-refractivity contribution is 8.00. The fourth-order valence-electron chi connectivity index (χ4n) is 3.12. The smallest absolute Gasteiger partial charge is 0.248 e. The van der Waals surface area contributed by atoms with Gasteiger partial charge in [0.15, 0.2) is 0 Å². The van der Waals surface area contributed by atoms with Crippen LogP contribution >= 0.6 is 11.8 Å². The maximum Gasteiger partial charge on any atom is 0.248 e.